The molecule has 1 aromatic heterocycles. The van der Waals surface area contributed by atoms with E-state index in [1.807, 2.05) is 6.92 Å². The maximum atomic E-state index is 5.96. The van der Waals surface area contributed by atoms with Gasteiger partial charge in [0.25, 0.3) is 0 Å². The smallest absolute Gasteiger partial charge is 0.0653 e. The fraction of sp³-hybridized carbons (Fsp3) is 0.750. The van der Waals surface area contributed by atoms with Crippen LogP contribution in [-0.4, -0.2) is 9.78 Å². The summed E-state index contributed by atoms with van der Waals surface area (Å²) in [5, 5.41) is 4.64. The molecular weight excluding hydrogens is 186 g/mol. The third kappa shape index (κ3) is 2.59. The third-order valence-electron chi connectivity index (χ3n) is 2.85. The quantitative estimate of drug-likeness (QED) is 0.828. The van der Waals surface area contributed by atoms with Crippen LogP contribution in [0.15, 0.2) is 6.07 Å². The third-order valence-corrected chi connectivity index (χ3v) is 2.85. The first kappa shape index (κ1) is 12.2. The molecule has 0 bridgehead atoms. The highest BCUT2D eigenvalue weighted by Crippen LogP contribution is 2.22. The summed E-state index contributed by atoms with van der Waals surface area (Å²) in [6, 6.07) is 2.62. The van der Waals surface area contributed by atoms with Crippen molar-refractivity contribution in [3.05, 3.63) is 17.5 Å². The van der Waals surface area contributed by atoms with Crippen molar-refractivity contribution in [2.24, 2.45) is 5.73 Å². The highest BCUT2D eigenvalue weighted by molar-refractivity contribution is 5.16. The second-order valence-electron chi connectivity index (χ2n) is 4.64. The molecule has 0 fully saturated rings. The van der Waals surface area contributed by atoms with Gasteiger partial charge in [-0.15, -0.1) is 0 Å². The lowest BCUT2D eigenvalue weighted by Gasteiger charge is -2.15. The molecule has 0 aliphatic heterocycles. The minimum atomic E-state index is 0.0546. The predicted octanol–water partition coefficient (Wildman–Crippen LogP) is 3.00. The summed E-state index contributed by atoms with van der Waals surface area (Å²) in [6.07, 6.45) is 1.08. The Morgan fingerprint density at radius 2 is 1.93 bits per heavy atom. The Morgan fingerprint density at radius 1 is 1.33 bits per heavy atom. The lowest BCUT2D eigenvalue weighted by atomic mass is 10.1. The largest absolute Gasteiger partial charge is 0.323 e. The molecule has 0 radical (unpaired) electrons. The first-order valence-corrected chi connectivity index (χ1v) is 5.82. The number of hydrogen-bond donors (Lipinski definition) is 1. The van der Waals surface area contributed by atoms with E-state index in [4.69, 9.17) is 5.73 Å². The summed E-state index contributed by atoms with van der Waals surface area (Å²) < 4.78 is 2.08. The van der Waals surface area contributed by atoms with Crippen molar-refractivity contribution < 1.29 is 0 Å². The van der Waals surface area contributed by atoms with Crippen molar-refractivity contribution >= 4 is 0 Å². The zero-order valence-corrected chi connectivity index (χ0v) is 10.5. The van der Waals surface area contributed by atoms with Crippen LogP contribution in [0.5, 0.6) is 0 Å². The van der Waals surface area contributed by atoms with E-state index in [-0.39, 0.29) is 6.04 Å². The van der Waals surface area contributed by atoms with E-state index in [1.54, 1.807) is 0 Å². The molecule has 1 aromatic rings. The second-order valence-corrected chi connectivity index (χ2v) is 4.64. The molecule has 2 N–H and O–H groups in total. The Kier molecular flexibility index (Phi) is 3.91. The van der Waals surface area contributed by atoms with Crippen LogP contribution < -0.4 is 5.73 Å². The Morgan fingerprint density at radius 3 is 2.33 bits per heavy atom. The van der Waals surface area contributed by atoms with Crippen LogP contribution in [0.25, 0.3) is 0 Å². The first-order valence-electron chi connectivity index (χ1n) is 5.82. The Bertz CT molecular complexity index is 313. The predicted molar refractivity (Wildman–Crippen MR) is 63.9 cm³/mol. The molecule has 15 heavy (non-hydrogen) atoms. The van der Waals surface area contributed by atoms with Gasteiger partial charge in [-0.3, -0.25) is 4.68 Å². The zero-order valence-electron chi connectivity index (χ0n) is 10.5. The molecule has 1 rings (SSSR count). The van der Waals surface area contributed by atoms with Gasteiger partial charge < -0.3 is 5.73 Å². The van der Waals surface area contributed by atoms with E-state index in [2.05, 4.69) is 43.5 Å². The summed E-state index contributed by atoms with van der Waals surface area (Å²) in [5.41, 5.74) is 8.25. The summed E-state index contributed by atoms with van der Waals surface area (Å²) in [7, 11) is 0. The van der Waals surface area contributed by atoms with Crippen molar-refractivity contribution in [2.75, 3.05) is 0 Å². The van der Waals surface area contributed by atoms with Gasteiger partial charge in [0.05, 0.1) is 11.4 Å². The number of aromatic nitrogens is 2. The maximum absolute atomic E-state index is 5.96. The molecule has 0 spiro atoms. The van der Waals surface area contributed by atoms with E-state index in [0.29, 0.717) is 12.0 Å². The van der Waals surface area contributed by atoms with E-state index >= 15 is 0 Å². The lowest BCUT2D eigenvalue weighted by molar-refractivity contribution is 0.445. The van der Waals surface area contributed by atoms with Crippen molar-refractivity contribution in [2.45, 2.75) is 59.0 Å². The SMILES string of the molecule is CCC(C)n1nc(C(C)C)cc1C(C)N. The van der Waals surface area contributed by atoms with Gasteiger partial charge in [0.2, 0.25) is 0 Å². The number of hydrogen-bond acceptors (Lipinski definition) is 2. The average Bonchev–Trinajstić information content (AvgIpc) is 2.61. The van der Waals surface area contributed by atoms with Crippen LogP contribution >= 0.6 is 0 Å². The first-order chi connectivity index (χ1) is 6.97. The molecule has 0 aromatic carbocycles. The number of nitrogens with two attached hydrogens (primary N) is 1. The van der Waals surface area contributed by atoms with Gasteiger partial charge in [-0.1, -0.05) is 20.8 Å². The van der Waals surface area contributed by atoms with E-state index < -0.39 is 0 Å². The summed E-state index contributed by atoms with van der Waals surface area (Å²) >= 11 is 0. The topological polar surface area (TPSA) is 43.8 Å². The van der Waals surface area contributed by atoms with Crippen LogP contribution in [0.3, 0.4) is 0 Å². The molecule has 86 valence electrons. The molecule has 0 amide bonds. The molecular formula is C12H23N3. The van der Waals surface area contributed by atoms with E-state index in [9.17, 15) is 0 Å². The van der Waals surface area contributed by atoms with Gasteiger partial charge in [0.1, 0.15) is 0 Å². The van der Waals surface area contributed by atoms with Crippen molar-refractivity contribution in [3.63, 3.8) is 0 Å². The minimum Gasteiger partial charge on any atom is -0.323 e. The molecule has 3 heteroatoms. The van der Waals surface area contributed by atoms with Crippen LogP contribution in [-0.2, 0) is 0 Å². The summed E-state index contributed by atoms with van der Waals surface area (Å²) in [5.74, 6) is 0.466. The van der Waals surface area contributed by atoms with Crippen LogP contribution in [0.1, 0.15) is 70.4 Å². The van der Waals surface area contributed by atoms with Crippen molar-refractivity contribution in [1.29, 1.82) is 0 Å². The summed E-state index contributed by atoms with van der Waals surface area (Å²) in [6.45, 7) is 10.7. The van der Waals surface area contributed by atoms with E-state index in [1.165, 1.54) is 0 Å². The second kappa shape index (κ2) is 4.79. The molecule has 1 heterocycles. The van der Waals surface area contributed by atoms with E-state index in [0.717, 1.165) is 17.8 Å². The fourth-order valence-corrected chi connectivity index (χ4v) is 1.58. The Hall–Kier alpha value is -0.830. The molecule has 2 atom stereocenters. The van der Waals surface area contributed by atoms with Crippen molar-refractivity contribution in [3.8, 4) is 0 Å². The number of nitrogens with zero attached hydrogens (tertiary/aromatic N) is 2. The summed E-state index contributed by atoms with van der Waals surface area (Å²) in [4.78, 5) is 0. The van der Waals surface area contributed by atoms with Crippen LogP contribution in [0.4, 0.5) is 0 Å². The lowest BCUT2D eigenvalue weighted by Crippen LogP contribution is -2.16. The van der Waals surface area contributed by atoms with Gasteiger partial charge >= 0.3 is 0 Å². The van der Waals surface area contributed by atoms with Crippen molar-refractivity contribution in [1.82, 2.24) is 9.78 Å². The zero-order chi connectivity index (χ0) is 11.6. The van der Waals surface area contributed by atoms with Crippen LogP contribution in [0, 0.1) is 0 Å². The maximum Gasteiger partial charge on any atom is 0.0653 e. The standard InChI is InChI=1S/C12H23N3/c1-6-9(4)15-12(10(5)13)7-11(14-15)8(2)3/h7-10H,6,13H2,1-5H3. The van der Waals surface area contributed by atoms with Gasteiger partial charge in [-0.2, -0.15) is 5.10 Å². The molecule has 2 unspecified atom stereocenters. The Labute approximate surface area is 92.7 Å². The van der Waals surface area contributed by atoms with Gasteiger partial charge in [-0.05, 0) is 32.3 Å². The molecule has 0 aliphatic rings. The molecule has 0 aliphatic carbocycles. The highest BCUT2D eigenvalue weighted by atomic mass is 15.3. The fourth-order valence-electron chi connectivity index (χ4n) is 1.58. The average molecular weight is 209 g/mol. The monoisotopic (exact) mass is 209 g/mol. The highest BCUT2D eigenvalue weighted by Gasteiger charge is 2.16. The Balaban J connectivity index is 3.11. The van der Waals surface area contributed by atoms with Gasteiger partial charge in [0.15, 0.2) is 0 Å². The molecule has 0 saturated heterocycles. The minimum absolute atomic E-state index is 0.0546. The van der Waals surface area contributed by atoms with Gasteiger partial charge in [-0.25, -0.2) is 0 Å². The number of rotatable bonds is 4. The molecule has 3 nitrogen and oxygen atoms in total. The van der Waals surface area contributed by atoms with Crippen LogP contribution in [0.2, 0.25) is 0 Å². The normalized spacial score (nSPS) is 15.7. The van der Waals surface area contributed by atoms with Gasteiger partial charge in [0, 0.05) is 12.1 Å². The molecule has 0 saturated carbocycles.